The molecule has 0 spiro atoms. The highest BCUT2D eigenvalue weighted by Gasteiger charge is 2.29. The highest BCUT2D eigenvalue weighted by Crippen LogP contribution is 2.17. The number of aryl methyl sites for hydroxylation is 1. The molecule has 0 bridgehead atoms. The average Bonchev–Trinajstić information content (AvgIpc) is 2.87. The Morgan fingerprint density at radius 3 is 2.52 bits per heavy atom. The van der Waals surface area contributed by atoms with E-state index in [0.29, 0.717) is 12.4 Å². The number of H-pyrrole nitrogens is 1. The Hall–Kier alpha value is -1.47. The fourth-order valence-electron chi connectivity index (χ4n) is 2.63. The van der Waals surface area contributed by atoms with Gasteiger partial charge in [-0.3, -0.25) is 9.89 Å². The molecule has 0 saturated carbocycles. The van der Waals surface area contributed by atoms with Gasteiger partial charge in [-0.2, -0.15) is 0 Å². The second-order valence-corrected chi connectivity index (χ2v) is 6.08. The van der Waals surface area contributed by atoms with Gasteiger partial charge >= 0.3 is 0 Å². The van der Waals surface area contributed by atoms with E-state index < -0.39 is 0 Å². The monoisotopic (exact) mass is 294 g/mol. The van der Waals surface area contributed by atoms with Crippen molar-refractivity contribution in [3.05, 3.63) is 11.6 Å². The van der Waals surface area contributed by atoms with E-state index in [1.165, 1.54) is 0 Å². The molecule has 1 aliphatic heterocycles. The lowest BCUT2D eigenvalue weighted by atomic mass is 10.0. The van der Waals surface area contributed by atoms with Gasteiger partial charge < -0.3 is 14.7 Å². The van der Waals surface area contributed by atoms with Crippen LogP contribution in [0.25, 0.3) is 0 Å². The van der Waals surface area contributed by atoms with Crippen molar-refractivity contribution < 1.29 is 4.79 Å². The SMILES string of the molecule is Cc1nc(C(=O)N(CCN(C)C)C2CCN(C)CC2)n[nH]1. The summed E-state index contributed by atoms with van der Waals surface area (Å²) in [6.07, 6.45) is 2.03. The Labute approximate surface area is 126 Å². The predicted octanol–water partition coefficient (Wildman–Crippen LogP) is 0.211. The summed E-state index contributed by atoms with van der Waals surface area (Å²) >= 11 is 0. The summed E-state index contributed by atoms with van der Waals surface area (Å²) in [5.41, 5.74) is 0. The van der Waals surface area contributed by atoms with Gasteiger partial charge in [0.1, 0.15) is 5.82 Å². The molecule has 7 nitrogen and oxygen atoms in total. The third kappa shape index (κ3) is 4.25. The minimum Gasteiger partial charge on any atom is -0.332 e. The Bertz CT molecular complexity index is 464. The maximum absolute atomic E-state index is 12.7. The number of likely N-dealkylation sites (tertiary alicyclic amines) is 1. The largest absolute Gasteiger partial charge is 0.332 e. The van der Waals surface area contributed by atoms with Crippen molar-refractivity contribution in [2.75, 3.05) is 47.3 Å². The summed E-state index contributed by atoms with van der Waals surface area (Å²) in [6.45, 7) is 5.44. The summed E-state index contributed by atoms with van der Waals surface area (Å²) in [6, 6.07) is 0.285. The van der Waals surface area contributed by atoms with E-state index in [1.54, 1.807) is 0 Å². The van der Waals surface area contributed by atoms with E-state index in [1.807, 2.05) is 25.9 Å². The van der Waals surface area contributed by atoms with Gasteiger partial charge in [-0.15, -0.1) is 5.10 Å². The number of hydrogen-bond acceptors (Lipinski definition) is 5. The maximum atomic E-state index is 12.7. The lowest BCUT2D eigenvalue weighted by Crippen LogP contribution is -2.48. The number of amides is 1. The van der Waals surface area contributed by atoms with Crippen LogP contribution in [0.4, 0.5) is 0 Å². The van der Waals surface area contributed by atoms with Crippen molar-refractivity contribution >= 4 is 5.91 Å². The van der Waals surface area contributed by atoms with Crippen LogP contribution in [0.3, 0.4) is 0 Å². The number of nitrogens with zero attached hydrogens (tertiary/aromatic N) is 5. The quantitative estimate of drug-likeness (QED) is 0.841. The lowest BCUT2D eigenvalue weighted by Gasteiger charge is -2.37. The van der Waals surface area contributed by atoms with Crippen LogP contribution in [-0.2, 0) is 0 Å². The van der Waals surface area contributed by atoms with E-state index >= 15 is 0 Å². The van der Waals surface area contributed by atoms with Gasteiger partial charge in [0, 0.05) is 19.1 Å². The van der Waals surface area contributed by atoms with Crippen molar-refractivity contribution in [2.45, 2.75) is 25.8 Å². The zero-order chi connectivity index (χ0) is 15.4. The number of carbonyl (C=O) groups excluding carboxylic acids is 1. The highest BCUT2D eigenvalue weighted by atomic mass is 16.2. The molecule has 0 atom stereocenters. The Morgan fingerprint density at radius 2 is 2.00 bits per heavy atom. The molecule has 1 aliphatic rings. The molecule has 2 heterocycles. The van der Waals surface area contributed by atoms with Crippen LogP contribution in [-0.4, -0.2) is 89.2 Å². The average molecular weight is 294 g/mol. The van der Waals surface area contributed by atoms with Gasteiger partial charge in [0.25, 0.3) is 5.91 Å². The smallest absolute Gasteiger partial charge is 0.293 e. The minimum atomic E-state index is -0.0595. The minimum absolute atomic E-state index is 0.0595. The summed E-state index contributed by atoms with van der Waals surface area (Å²) in [7, 11) is 6.17. The molecule has 118 valence electrons. The fraction of sp³-hybridized carbons (Fsp3) is 0.786. The molecule has 0 aromatic carbocycles. The molecule has 21 heavy (non-hydrogen) atoms. The number of piperidine rings is 1. The van der Waals surface area contributed by atoms with Gasteiger partial charge in [-0.25, -0.2) is 4.98 Å². The summed E-state index contributed by atoms with van der Waals surface area (Å²) in [4.78, 5) is 23.2. The maximum Gasteiger partial charge on any atom is 0.293 e. The zero-order valence-electron chi connectivity index (χ0n) is 13.5. The number of nitrogens with one attached hydrogen (secondary N) is 1. The number of carbonyl (C=O) groups is 1. The molecule has 1 N–H and O–H groups in total. The second-order valence-electron chi connectivity index (χ2n) is 6.08. The first-order valence-electron chi connectivity index (χ1n) is 7.50. The third-order valence-corrected chi connectivity index (χ3v) is 3.97. The normalized spacial score (nSPS) is 17.4. The lowest BCUT2D eigenvalue weighted by molar-refractivity contribution is 0.0563. The first-order chi connectivity index (χ1) is 9.97. The number of likely N-dealkylation sites (N-methyl/N-ethyl adjacent to an activating group) is 1. The molecule has 7 heteroatoms. The van der Waals surface area contributed by atoms with Crippen molar-refractivity contribution in [3.8, 4) is 0 Å². The fourth-order valence-corrected chi connectivity index (χ4v) is 2.63. The number of aromatic amines is 1. The van der Waals surface area contributed by atoms with E-state index in [-0.39, 0.29) is 17.8 Å². The third-order valence-electron chi connectivity index (χ3n) is 3.97. The van der Waals surface area contributed by atoms with E-state index in [9.17, 15) is 4.79 Å². The second kappa shape index (κ2) is 7.00. The summed E-state index contributed by atoms with van der Waals surface area (Å²) in [5.74, 6) is 0.898. The molecule has 0 aliphatic carbocycles. The van der Waals surface area contributed by atoms with Crippen LogP contribution >= 0.6 is 0 Å². The van der Waals surface area contributed by atoms with Crippen molar-refractivity contribution in [3.63, 3.8) is 0 Å². The first-order valence-corrected chi connectivity index (χ1v) is 7.50. The van der Waals surface area contributed by atoms with E-state index in [2.05, 4.69) is 32.0 Å². The number of aromatic nitrogens is 3. The van der Waals surface area contributed by atoms with Crippen LogP contribution < -0.4 is 0 Å². The number of rotatable bonds is 5. The summed E-state index contributed by atoms with van der Waals surface area (Å²) in [5, 5.41) is 6.77. The topological polar surface area (TPSA) is 68.4 Å². The van der Waals surface area contributed by atoms with E-state index in [0.717, 1.165) is 32.5 Å². The molecule has 1 aromatic heterocycles. The van der Waals surface area contributed by atoms with Gasteiger partial charge in [-0.1, -0.05) is 0 Å². The molecule has 1 aromatic rings. The zero-order valence-corrected chi connectivity index (χ0v) is 13.5. The van der Waals surface area contributed by atoms with Gasteiger partial charge in [-0.05, 0) is 54.0 Å². The standard InChI is InChI=1S/C14H26N6O/c1-11-15-13(17-16-11)14(21)20(10-9-18(2)3)12-5-7-19(4)8-6-12/h12H,5-10H2,1-4H3,(H,15,16,17). The molecular formula is C14H26N6O. The number of hydrogen-bond donors (Lipinski definition) is 1. The van der Waals surface area contributed by atoms with Crippen LogP contribution in [0, 0.1) is 6.92 Å². The summed E-state index contributed by atoms with van der Waals surface area (Å²) < 4.78 is 0. The first kappa shape index (κ1) is 15.9. The van der Waals surface area contributed by atoms with Crippen LogP contribution in [0.5, 0.6) is 0 Å². The molecular weight excluding hydrogens is 268 g/mol. The van der Waals surface area contributed by atoms with Crippen LogP contribution in [0.15, 0.2) is 0 Å². The van der Waals surface area contributed by atoms with Gasteiger partial charge in [0.15, 0.2) is 0 Å². The Kier molecular flexibility index (Phi) is 5.30. The van der Waals surface area contributed by atoms with Crippen molar-refractivity contribution in [1.29, 1.82) is 0 Å². The Balaban J connectivity index is 2.09. The predicted molar refractivity (Wildman–Crippen MR) is 81.2 cm³/mol. The van der Waals surface area contributed by atoms with Crippen molar-refractivity contribution in [1.82, 2.24) is 29.9 Å². The van der Waals surface area contributed by atoms with Gasteiger partial charge in [0.2, 0.25) is 5.82 Å². The molecule has 1 amide bonds. The Morgan fingerprint density at radius 1 is 1.33 bits per heavy atom. The molecule has 1 saturated heterocycles. The van der Waals surface area contributed by atoms with Crippen LogP contribution in [0.1, 0.15) is 29.3 Å². The molecule has 1 fully saturated rings. The molecule has 0 radical (unpaired) electrons. The van der Waals surface area contributed by atoms with Gasteiger partial charge in [0.05, 0.1) is 0 Å². The van der Waals surface area contributed by atoms with Crippen LogP contribution in [0.2, 0.25) is 0 Å². The molecule has 0 unspecified atom stereocenters. The van der Waals surface area contributed by atoms with Crippen molar-refractivity contribution in [2.24, 2.45) is 0 Å². The molecule has 2 rings (SSSR count). The highest BCUT2D eigenvalue weighted by molar-refractivity contribution is 5.90. The van der Waals surface area contributed by atoms with E-state index in [4.69, 9.17) is 0 Å².